The van der Waals surface area contributed by atoms with Crippen LogP contribution in [-0.4, -0.2) is 32.5 Å². The molecule has 0 bridgehead atoms. The second-order valence-electron chi connectivity index (χ2n) is 5.26. The number of methoxy groups -OCH3 is 2. The number of carbonyl (C=O) groups is 1. The van der Waals surface area contributed by atoms with Crippen LogP contribution in [0, 0.1) is 0 Å². The molecule has 0 radical (unpaired) electrons. The fourth-order valence-electron chi connectivity index (χ4n) is 2.55. The SMILES string of the molecule is C=C1C(C)=C(C)C(c2cc(OC)c(C=O)c(OC)c2)=CN1C. The van der Waals surface area contributed by atoms with E-state index in [4.69, 9.17) is 9.47 Å². The Morgan fingerprint density at radius 3 is 2.09 bits per heavy atom. The number of hydrogen-bond acceptors (Lipinski definition) is 4. The molecular formula is C18H21NO3. The van der Waals surface area contributed by atoms with Gasteiger partial charge in [-0.2, -0.15) is 0 Å². The molecule has 4 heteroatoms. The predicted octanol–water partition coefficient (Wildman–Crippen LogP) is 3.65. The van der Waals surface area contributed by atoms with E-state index in [1.807, 2.05) is 30.3 Å². The van der Waals surface area contributed by atoms with Crippen LogP contribution in [0.15, 0.2) is 41.8 Å². The van der Waals surface area contributed by atoms with Crippen molar-refractivity contribution >= 4 is 11.9 Å². The molecule has 0 saturated carbocycles. The Bertz CT molecular complexity index is 673. The lowest BCUT2D eigenvalue weighted by Gasteiger charge is -2.28. The first-order valence-electron chi connectivity index (χ1n) is 6.98. The molecule has 1 aliphatic rings. The van der Waals surface area contributed by atoms with Gasteiger partial charge in [-0.1, -0.05) is 6.58 Å². The third kappa shape index (κ3) is 2.52. The fourth-order valence-corrected chi connectivity index (χ4v) is 2.55. The molecule has 1 aromatic carbocycles. The molecule has 0 aromatic heterocycles. The highest BCUT2D eigenvalue weighted by Gasteiger charge is 2.20. The van der Waals surface area contributed by atoms with Crippen molar-refractivity contribution < 1.29 is 14.3 Å². The van der Waals surface area contributed by atoms with Crippen molar-refractivity contribution in [1.82, 2.24) is 4.90 Å². The lowest BCUT2D eigenvalue weighted by molar-refractivity contribution is 0.111. The largest absolute Gasteiger partial charge is 0.496 e. The van der Waals surface area contributed by atoms with Crippen molar-refractivity contribution in [3.8, 4) is 11.5 Å². The van der Waals surface area contributed by atoms with Gasteiger partial charge in [0.15, 0.2) is 6.29 Å². The van der Waals surface area contributed by atoms with Crippen LogP contribution < -0.4 is 9.47 Å². The summed E-state index contributed by atoms with van der Waals surface area (Å²) in [6.07, 6.45) is 2.78. The first kappa shape index (κ1) is 15.9. The standard InChI is InChI=1S/C18H21NO3/c1-11-12(2)15(9-19(4)13(11)3)14-7-17(21-5)16(10-20)18(8-14)22-6/h7-10H,3H2,1-2,4-6H3. The highest BCUT2D eigenvalue weighted by molar-refractivity contribution is 5.89. The predicted molar refractivity (Wildman–Crippen MR) is 88.2 cm³/mol. The summed E-state index contributed by atoms with van der Waals surface area (Å²) in [6.45, 7) is 8.19. The number of ether oxygens (including phenoxy) is 2. The smallest absolute Gasteiger partial charge is 0.157 e. The van der Waals surface area contributed by atoms with Crippen LogP contribution in [0.3, 0.4) is 0 Å². The fraction of sp³-hybridized carbons (Fsp3) is 0.278. The lowest BCUT2D eigenvalue weighted by Crippen LogP contribution is -2.16. The third-order valence-electron chi connectivity index (χ3n) is 4.12. The molecule has 1 heterocycles. The zero-order valence-electron chi connectivity index (χ0n) is 13.7. The first-order chi connectivity index (χ1) is 10.4. The number of likely N-dealkylation sites (N-methyl/N-ethyl adjacent to an activating group) is 1. The second-order valence-corrected chi connectivity index (χ2v) is 5.26. The number of carbonyl (C=O) groups excluding carboxylic acids is 1. The maximum Gasteiger partial charge on any atom is 0.157 e. The Hall–Kier alpha value is -2.49. The minimum absolute atomic E-state index is 0.418. The molecule has 1 aromatic rings. The van der Waals surface area contributed by atoms with Crippen molar-refractivity contribution in [2.24, 2.45) is 0 Å². The van der Waals surface area contributed by atoms with Crippen LogP contribution in [-0.2, 0) is 0 Å². The maximum atomic E-state index is 11.3. The van der Waals surface area contributed by atoms with E-state index < -0.39 is 0 Å². The van der Waals surface area contributed by atoms with Crippen molar-refractivity contribution in [1.29, 1.82) is 0 Å². The molecule has 4 nitrogen and oxygen atoms in total. The monoisotopic (exact) mass is 299 g/mol. The van der Waals surface area contributed by atoms with Crippen molar-refractivity contribution in [2.45, 2.75) is 13.8 Å². The van der Waals surface area contributed by atoms with E-state index in [1.165, 1.54) is 0 Å². The average Bonchev–Trinajstić information content (AvgIpc) is 2.54. The topological polar surface area (TPSA) is 38.8 Å². The van der Waals surface area contributed by atoms with Gasteiger partial charge in [0.25, 0.3) is 0 Å². The molecule has 0 atom stereocenters. The molecule has 0 aliphatic carbocycles. The zero-order valence-corrected chi connectivity index (χ0v) is 13.7. The van der Waals surface area contributed by atoms with E-state index in [2.05, 4.69) is 20.4 Å². The van der Waals surface area contributed by atoms with Crippen LogP contribution in [0.2, 0.25) is 0 Å². The Morgan fingerprint density at radius 1 is 1.09 bits per heavy atom. The Labute approximate surface area is 131 Å². The molecule has 0 unspecified atom stereocenters. The highest BCUT2D eigenvalue weighted by atomic mass is 16.5. The van der Waals surface area contributed by atoms with Crippen LogP contribution in [0.4, 0.5) is 0 Å². The van der Waals surface area contributed by atoms with Gasteiger partial charge in [0.05, 0.1) is 19.8 Å². The van der Waals surface area contributed by atoms with Gasteiger partial charge >= 0.3 is 0 Å². The average molecular weight is 299 g/mol. The van der Waals surface area contributed by atoms with Crippen molar-refractivity contribution in [3.63, 3.8) is 0 Å². The quantitative estimate of drug-likeness (QED) is 0.795. The van der Waals surface area contributed by atoms with Gasteiger partial charge in [-0.25, -0.2) is 0 Å². The molecular weight excluding hydrogens is 278 g/mol. The lowest BCUT2D eigenvalue weighted by atomic mass is 9.91. The summed E-state index contributed by atoms with van der Waals surface area (Å²) in [4.78, 5) is 13.3. The van der Waals surface area contributed by atoms with E-state index in [1.54, 1.807) is 14.2 Å². The number of nitrogens with zero attached hydrogens (tertiary/aromatic N) is 1. The summed E-state index contributed by atoms with van der Waals surface area (Å²) in [5.74, 6) is 1.01. The minimum atomic E-state index is 0.418. The van der Waals surface area contributed by atoms with Crippen LogP contribution in [0.25, 0.3) is 5.57 Å². The minimum Gasteiger partial charge on any atom is -0.496 e. The molecule has 0 N–H and O–H groups in total. The summed E-state index contributed by atoms with van der Waals surface area (Å²) in [5.41, 5.74) is 5.67. The number of rotatable bonds is 4. The third-order valence-corrected chi connectivity index (χ3v) is 4.12. The number of allylic oxidation sites excluding steroid dienone is 3. The van der Waals surface area contributed by atoms with Crippen molar-refractivity contribution in [2.75, 3.05) is 21.3 Å². The second kappa shape index (κ2) is 6.10. The van der Waals surface area contributed by atoms with E-state index >= 15 is 0 Å². The van der Waals surface area contributed by atoms with Gasteiger partial charge in [-0.15, -0.1) is 0 Å². The number of benzene rings is 1. The van der Waals surface area contributed by atoms with Crippen LogP contribution >= 0.6 is 0 Å². The van der Waals surface area contributed by atoms with E-state index in [-0.39, 0.29) is 0 Å². The van der Waals surface area contributed by atoms with Gasteiger partial charge in [-0.05, 0) is 42.7 Å². The molecule has 116 valence electrons. The Morgan fingerprint density at radius 2 is 1.64 bits per heavy atom. The molecule has 1 aliphatic heterocycles. The Kier molecular flexibility index (Phi) is 4.40. The summed E-state index contributed by atoms with van der Waals surface area (Å²) < 4.78 is 10.7. The molecule has 0 saturated heterocycles. The number of aldehydes is 1. The van der Waals surface area contributed by atoms with Gasteiger partial charge in [0.2, 0.25) is 0 Å². The first-order valence-corrected chi connectivity index (χ1v) is 6.98. The zero-order chi connectivity index (χ0) is 16.4. The highest BCUT2D eigenvalue weighted by Crippen LogP contribution is 2.38. The van der Waals surface area contributed by atoms with E-state index in [0.29, 0.717) is 17.1 Å². The summed E-state index contributed by atoms with van der Waals surface area (Å²) >= 11 is 0. The molecule has 2 rings (SSSR count). The van der Waals surface area contributed by atoms with Gasteiger partial charge in [-0.3, -0.25) is 4.79 Å². The Balaban J connectivity index is 2.65. The van der Waals surface area contributed by atoms with Crippen LogP contribution in [0.5, 0.6) is 11.5 Å². The molecule has 22 heavy (non-hydrogen) atoms. The van der Waals surface area contributed by atoms with Gasteiger partial charge in [0.1, 0.15) is 11.5 Å². The van der Waals surface area contributed by atoms with Crippen molar-refractivity contribution in [3.05, 3.63) is 52.9 Å². The van der Waals surface area contributed by atoms with Gasteiger partial charge < -0.3 is 14.4 Å². The summed E-state index contributed by atoms with van der Waals surface area (Å²) in [6, 6.07) is 3.72. The summed E-state index contributed by atoms with van der Waals surface area (Å²) in [5, 5.41) is 0. The maximum absolute atomic E-state index is 11.3. The van der Waals surface area contributed by atoms with E-state index in [9.17, 15) is 4.79 Å². The van der Waals surface area contributed by atoms with Crippen LogP contribution in [0.1, 0.15) is 29.8 Å². The molecule has 0 fully saturated rings. The molecule has 0 spiro atoms. The summed E-state index contributed by atoms with van der Waals surface area (Å²) in [7, 11) is 5.05. The normalized spacial score (nSPS) is 14.9. The van der Waals surface area contributed by atoms with Gasteiger partial charge in [0, 0.05) is 24.5 Å². The van der Waals surface area contributed by atoms with E-state index in [0.717, 1.165) is 34.3 Å². The molecule has 0 amide bonds. The number of hydrogen-bond donors (Lipinski definition) is 0.